The van der Waals surface area contributed by atoms with E-state index in [4.69, 9.17) is 4.98 Å². The van der Waals surface area contributed by atoms with Crippen molar-refractivity contribution >= 4 is 49.5 Å². The molecule has 0 aliphatic carbocycles. The molecule has 174 valence electrons. The Bertz CT molecular complexity index is 1890. The predicted octanol–water partition coefficient (Wildman–Crippen LogP) is 9.68. The lowest BCUT2D eigenvalue weighted by Crippen LogP contribution is -2.09. The van der Waals surface area contributed by atoms with E-state index in [1.54, 1.807) is 0 Å². The Balaban J connectivity index is 1.37. The minimum Gasteiger partial charge on any atom is -0.310 e. The van der Waals surface area contributed by atoms with E-state index < -0.39 is 0 Å². The van der Waals surface area contributed by atoms with E-state index >= 15 is 0 Å². The molecule has 0 fully saturated rings. The van der Waals surface area contributed by atoms with Crippen LogP contribution in [0.15, 0.2) is 146 Å². The van der Waals surface area contributed by atoms with Crippen molar-refractivity contribution in [1.29, 1.82) is 0 Å². The molecule has 7 aromatic rings. The second-order valence-electron chi connectivity index (χ2n) is 9.34. The number of aromatic nitrogens is 1. The fourth-order valence-electron chi connectivity index (χ4n) is 5.10. The van der Waals surface area contributed by atoms with Crippen molar-refractivity contribution in [2.75, 3.05) is 4.90 Å². The van der Waals surface area contributed by atoms with Crippen LogP contribution in [0.1, 0.15) is 0 Å². The minimum absolute atomic E-state index is 0.987. The molecule has 0 amide bonds. The van der Waals surface area contributed by atoms with E-state index in [9.17, 15) is 0 Å². The third-order valence-corrected chi connectivity index (χ3v) is 6.98. The van der Waals surface area contributed by atoms with Gasteiger partial charge in [-0.05, 0) is 76.1 Å². The van der Waals surface area contributed by atoms with Crippen LogP contribution in [-0.4, -0.2) is 4.98 Å². The highest BCUT2D eigenvalue weighted by Crippen LogP contribution is 2.38. The van der Waals surface area contributed by atoms with Crippen LogP contribution in [-0.2, 0) is 0 Å². The molecule has 0 spiro atoms. The van der Waals surface area contributed by atoms with Crippen LogP contribution in [0.2, 0.25) is 0 Å². The van der Waals surface area contributed by atoms with Crippen molar-refractivity contribution in [2.45, 2.75) is 0 Å². The quantitative estimate of drug-likeness (QED) is 0.253. The van der Waals surface area contributed by atoms with Gasteiger partial charge < -0.3 is 4.90 Å². The number of hydrogen-bond acceptors (Lipinski definition) is 2. The summed E-state index contributed by atoms with van der Waals surface area (Å²) in [6.07, 6.45) is 0. The van der Waals surface area contributed by atoms with Crippen LogP contribution >= 0.6 is 0 Å². The third kappa shape index (κ3) is 3.99. The van der Waals surface area contributed by atoms with Gasteiger partial charge in [0, 0.05) is 28.0 Å². The Hall–Kier alpha value is -4.95. The third-order valence-electron chi connectivity index (χ3n) is 6.98. The molecule has 2 nitrogen and oxygen atoms in total. The number of anilines is 3. The normalized spacial score (nSPS) is 11.2. The molecule has 0 saturated carbocycles. The summed E-state index contributed by atoms with van der Waals surface area (Å²) >= 11 is 0. The lowest BCUT2D eigenvalue weighted by Gasteiger charge is -2.26. The molecular formula is C35H24N2. The van der Waals surface area contributed by atoms with E-state index in [0.29, 0.717) is 0 Å². The van der Waals surface area contributed by atoms with E-state index in [-0.39, 0.29) is 0 Å². The molecule has 0 N–H and O–H groups in total. The first-order valence-corrected chi connectivity index (χ1v) is 12.6. The summed E-state index contributed by atoms with van der Waals surface area (Å²) in [5, 5.41) is 6.02. The van der Waals surface area contributed by atoms with Crippen LogP contribution in [0.25, 0.3) is 43.7 Å². The first-order chi connectivity index (χ1) is 18.3. The lowest BCUT2D eigenvalue weighted by molar-refractivity contribution is 1.29. The number of fused-ring (bicyclic) bond motifs is 3. The molecular weight excluding hydrogens is 448 g/mol. The van der Waals surface area contributed by atoms with Gasteiger partial charge in [0.05, 0.1) is 11.2 Å². The predicted molar refractivity (Wildman–Crippen MR) is 157 cm³/mol. The molecule has 37 heavy (non-hydrogen) atoms. The topological polar surface area (TPSA) is 16.1 Å². The van der Waals surface area contributed by atoms with Crippen molar-refractivity contribution in [3.8, 4) is 11.3 Å². The molecule has 0 unspecified atom stereocenters. The van der Waals surface area contributed by atoms with E-state index in [2.05, 4.69) is 144 Å². The number of pyridine rings is 1. The largest absolute Gasteiger partial charge is 0.310 e. The average molecular weight is 473 g/mol. The van der Waals surface area contributed by atoms with Gasteiger partial charge in [-0.2, -0.15) is 0 Å². The van der Waals surface area contributed by atoms with Crippen LogP contribution in [0, 0.1) is 0 Å². The SMILES string of the molecule is c1ccc(N(c2ccc3ccccc3c2)c2ccc3ccc(-c4ccc5ccccc5n4)cc3c2)cc1. The van der Waals surface area contributed by atoms with Gasteiger partial charge in [-0.15, -0.1) is 0 Å². The highest BCUT2D eigenvalue weighted by molar-refractivity contribution is 5.94. The Morgan fingerprint density at radius 2 is 0.973 bits per heavy atom. The molecule has 7 rings (SSSR count). The maximum atomic E-state index is 4.92. The van der Waals surface area contributed by atoms with Crippen LogP contribution in [0.5, 0.6) is 0 Å². The summed E-state index contributed by atoms with van der Waals surface area (Å²) in [5.74, 6) is 0. The van der Waals surface area contributed by atoms with E-state index in [1.165, 1.54) is 21.5 Å². The van der Waals surface area contributed by atoms with Crippen molar-refractivity contribution in [2.24, 2.45) is 0 Å². The molecule has 0 radical (unpaired) electrons. The minimum atomic E-state index is 0.987. The van der Waals surface area contributed by atoms with Gasteiger partial charge in [-0.3, -0.25) is 0 Å². The Kier molecular flexibility index (Phi) is 5.15. The van der Waals surface area contributed by atoms with Gasteiger partial charge in [0.2, 0.25) is 0 Å². The van der Waals surface area contributed by atoms with Gasteiger partial charge >= 0.3 is 0 Å². The zero-order valence-electron chi connectivity index (χ0n) is 20.3. The Morgan fingerprint density at radius 1 is 0.378 bits per heavy atom. The maximum absolute atomic E-state index is 4.92. The van der Waals surface area contributed by atoms with Crippen molar-refractivity contribution in [1.82, 2.24) is 4.98 Å². The summed E-state index contributed by atoms with van der Waals surface area (Å²) in [6.45, 7) is 0. The number of nitrogens with zero attached hydrogens (tertiary/aromatic N) is 2. The lowest BCUT2D eigenvalue weighted by atomic mass is 10.0. The summed E-state index contributed by atoms with van der Waals surface area (Å²) in [5.41, 5.74) is 6.51. The van der Waals surface area contributed by atoms with Gasteiger partial charge in [-0.25, -0.2) is 4.98 Å². The molecule has 0 aliphatic rings. The first-order valence-electron chi connectivity index (χ1n) is 12.6. The van der Waals surface area contributed by atoms with E-state index in [0.717, 1.165) is 39.2 Å². The molecule has 0 saturated heterocycles. The van der Waals surface area contributed by atoms with Gasteiger partial charge in [0.1, 0.15) is 0 Å². The van der Waals surface area contributed by atoms with Crippen molar-refractivity contribution in [3.05, 3.63) is 146 Å². The molecule has 6 aromatic carbocycles. The highest BCUT2D eigenvalue weighted by atomic mass is 15.1. The zero-order chi connectivity index (χ0) is 24.6. The molecule has 1 aromatic heterocycles. The summed E-state index contributed by atoms with van der Waals surface area (Å²) in [4.78, 5) is 7.25. The molecule has 0 atom stereocenters. The number of benzene rings is 6. The monoisotopic (exact) mass is 472 g/mol. The van der Waals surface area contributed by atoms with Crippen LogP contribution in [0.3, 0.4) is 0 Å². The standard InChI is InChI=1S/C35H24N2/c1-2-11-31(12-3-1)37(32-19-16-25-8-4-5-10-28(25)23-32)33-20-17-26-14-15-29(22-30(26)24-33)35-21-18-27-9-6-7-13-34(27)36-35/h1-24H. The summed E-state index contributed by atoms with van der Waals surface area (Å²) in [7, 11) is 0. The number of para-hydroxylation sites is 2. The summed E-state index contributed by atoms with van der Waals surface area (Å²) < 4.78 is 0. The van der Waals surface area contributed by atoms with Gasteiger partial charge in [0.15, 0.2) is 0 Å². The first kappa shape index (κ1) is 21.3. The molecule has 0 bridgehead atoms. The molecule has 0 aliphatic heterocycles. The van der Waals surface area contributed by atoms with Crippen molar-refractivity contribution < 1.29 is 0 Å². The fraction of sp³-hybridized carbons (Fsp3) is 0. The molecule has 1 heterocycles. The second kappa shape index (κ2) is 8.92. The smallest absolute Gasteiger partial charge is 0.0709 e. The van der Waals surface area contributed by atoms with Gasteiger partial charge in [0.25, 0.3) is 0 Å². The fourth-order valence-corrected chi connectivity index (χ4v) is 5.10. The average Bonchev–Trinajstić information content (AvgIpc) is 2.97. The van der Waals surface area contributed by atoms with Gasteiger partial charge in [-0.1, -0.05) is 91.0 Å². The number of hydrogen-bond donors (Lipinski definition) is 0. The Labute approximate surface area is 216 Å². The number of rotatable bonds is 4. The molecule has 2 heteroatoms. The highest BCUT2D eigenvalue weighted by Gasteiger charge is 2.14. The second-order valence-corrected chi connectivity index (χ2v) is 9.34. The van der Waals surface area contributed by atoms with Crippen molar-refractivity contribution in [3.63, 3.8) is 0 Å². The Morgan fingerprint density at radius 3 is 1.78 bits per heavy atom. The zero-order valence-corrected chi connectivity index (χ0v) is 20.3. The van der Waals surface area contributed by atoms with Crippen LogP contribution in [0.4, 0.5) is 17.1 Å². The maximum Gasteiger partial charge on any atom is 0.0709 e. The summed E-state index contributed by atoms with van der Waals surface area (Å²) in [6, 6.07) is 51.6. The van der Waals surface area contributed by atoms with E-state index in [1.807, 2.05) is 6.07 Å². The van der Waals surface area contributed by atoms with Crippen LogP contribution < -0.4 is 4.90 Å².